The molecule has 2 rings (SSSR count). The zero-order chi connectivity index (χ0) is 21.1. The molecule has 0 atom stereocenters. The maximum atomic E-state index is 2.33. The molecule has 0 radical (unpaired) electrons. The molecule has 0 saturated heterocycles. The van der Waals surface area contributed by atoms with E-state index in [1.54, 1.807) is 0 Å². The molecular weight excluding hydrogens is 362 g/mol. The highest BCUT2D eigenvalue weighted by Crippen LogP contribution is 2.13. The van der Waals surface area contributed by atoms with E-state index in [9.17, 15) is 0 Å². The molecule has 2 aromatic rings. The summed E-state index contributed by atoms with van der Waals surface area (Å²) in [7, 11) is 0. The van der Waals surface area contributed by atoms with E-state index in [0.717, 1.165) is 13.0 Å². The lowest BCUT2D eigenvalue weighted by atomic mass is 10.0. The monoisotopic (exact) mass is 408 g/mol. The molecule has 1 heterocycles. The first-order valence-electron chi connectivity index (χ1n) is 12.9. The van der Waals surface area contributed by atoms with Crippen LogP contribution in [0.2, 0.25) is 0 Å². The zero-order valence-electron chi connectivity index (χ0n) is 19.7. The zero-order valence-corrected chi connectivity index (χ0v) is 19.7. The van der Waals surface area contributed by atoms with Crippen molar-refractivity contribution in [3.05, 3.63) is 66.0 Å². The van der Waals surface area contributed by atoms with E-state index in [-0.39, 0.29) is 0 Å². The lowest BCUT2D eigenvalue weighted by Crippen LogP contribution is -2.32. The Morgan fingerprint density at radius 3 is 1.53 bits per heavy atom. The topological polar surface area (TPSA) is 3.88 Å². The Morgan fingerprint density at radius 1 is 0.500 bits per heavy atom. The van der Waals surface area contributed by atoms with E-state index in [4.69, 9.17) is 0 Å². The summed E-state index contributed by atoms with van der Waals surface area (Å²) in [6, 6.07) is 15.5. The summed E-state index contributed by atoms with van der Waals surface area (Å²) in [4.78, 5) is 0. The van der Waals surface area contributed by atoms with E-state index >= 15 is 0 Å². The van der Waals surface area contributed by atoms with Crippen molar-refractivity contribution in [3.63, 3.8) is 0 Å². The van der Waals surface area contributed by atoms with Gasteiger partial charge in [0, 0.05) is 18.6 Å². The second-order valence-electron chi connectivity index (χ2n) is 9.03. The first kappa shape index (κ1) is 24.6. The molecule has 1 aromatic heterocycles. The molecule has 0 N–H and O–H groups in total. The highest BCUT2D eigenvalue weighted by atomic mass is 14.9. The Bertz CT molecular complexity index is 617. The van der Waals surface area contributed by atoms with Gasteiger partial charge in [-0.1, -0.05) is 114 Å². The summed E-state index contributed by atoms with van der Waals surface area (Å²) in [5.41, 5.74) is 2.94. The Balaban J connectivity index is 1.41. The lowest BCUT2D eigenvalue weighted by molar-refractivity contribution is -0.697. The largest absolute Gasteiger partial charge is 0.205 e. The molecule has 30 heavy (non-hydrogen) atoms. The van der Waals surface area contributed by atoms with Gasteiger partial charge in [0.25, 0.3) is 0 Å². The first-order valence-corrected chi connectivity index (χ1v) is 12.9. The van der Waals surface area contributed by atoms with Gasteiger partial charge in [0.1, 0.15) is 6.54 Å². The Labute approximate surface area is 186 Å². The maximum Gasteiger partial charge on any atom is 0.169 e. The van der Waals surface area contributed by atoms with Crippen LogP contribution in [0.4, 0.5) is 0 Å². The average molecular weight is 409 g/mol. The number of aryl methyl sites for hydroxylation is 3. The number of unbranched alkanes of at least 4 members (excludes halogenated alkanes) is 12. The van der Waals surface area contributed by atoms with Crippen LogP contribution in [-0.4, -0.2) is 0 Å². The minimum Gasteiger partial charge on any atom is -0.205 e. The van der Waals surface area contributed by atoms with Crippen molar-refractivity contribution in [3.8, 4) is 0 Å². The fraction of sp³-hybridized carbons (Fsp3) is 0.621. The standard InChI is InChI=1S/C29H46N/c1-2-3-4-5-6-7-8-9-10-11-12-13-15-21-29-23-26-30(27-24-29)25-18-22-28-19-16-14-17-20-28/h14,16-17,19-20,23-24,26-27H,2-13,15,18,21-22,25H2,1H3/q+1. The predicted octanol–water partition coefficient (Wildman–Crippen LogP) is 8.24. The molecule has 0 saturated carbocycles. The first-order chi connectivity index (χ1) is 14.9. The summed E-state index contributed by atoms with van der Waals surface area (Å²) in [6.07, 6.45) is 26.7. The highest BCUT2D eigenvalue weighted by molar-refractivity contribution is 5.14. The van der Waals surface area contributed by atoms with E-state index < -0.39 is 0 Å². The van der Waals surface area contributed by atoms with Gasteiger partial charge in [0.2, 0.25) is 0 Å². The molecule has 1 nitrogen and oxygen atoms in total. The van der Waals surface area contributed by atoms with Crippen molar-refractivity contribution in [2.24, 2.45) is 0 Å². The van der Waals surface area contributed by atoms with E-state index in [2.05, 4.69) is 66.3 Å². The molecule has 0 aliphatic rings. The van der Waals surface area contributed by atoms with E-state index in [0.29, 0.717) is 0 Å². The number of aromatic nitrogens is 1. The van der Waals surface area contributed by atoms with Crippen molar-refractivity contribution in [2.45, 2.75) is 116 Å². The van der Waals surface area contributed by atoms with Gasteiger partial charge in [0.15, 0.2) is 12.4 Å². The smallest absolute Gasteiger partial charge is 0.169 e. The van der Waals surface area contributed by atoms with E-state index in [1.807, 2.05) is 0 Å². The molecule has 0 aliphatic carbocycles. The number of hydrogen-bond donors (Lipinski definition) is 0. The van der Waals surface area contributed by atoms with Crippen LogP contribution in [0.3, 0.4) is 0 Å². The lowest BCUT2D eigenvalue weighted by Gasteiger charge is -2.04. The summed E-state index contributed by atoms with van der Waals surface area (Å²) in [6.45, 7) is 3.40. The number of benzene rings is 1. The number of rotatable bonds is 18. The van der Waals surface area contributed by atoms with Crippen LogP contribution in [0.25, 0.3) is 0 Å². The summed E-state index contributed by atoms with van der Waals surface area (Å²) in [5, 5.41) is 0. The third kappa shape index (κ3) is 12.2. The normalized spacial score (nSPS) is 11.1. The highest BCUT2D eigenvalue weighted by Gasteiger charge is 2.02. The van der Waals surface area contributed by atoms with Gasteiger partial charge in [-0.25, -0.2) is 4.57 Å². The van der Waals surface area contributed by atoms with Gasteiger partial charge >= 0.3 is 0 Å². The second-order valence-corrected chi connectivity index (χ2v) is 9.03. The summed E-state index contributed by atoms with van der Waals surface area (Å²) >= 11 is 0. The molecule has 0 aliphatic heterocycles. The van der Waals surface area contributed by atoms with Gasteiger partial charge in [-0.05, 0) is 30.4 Å². The second kappa shape index (κ2) is 17.1. The summed E-state index contributed by atoms with van der Waals surface area (Å²) < 4.78 is 2.33. The van der Waals surface area contributed by atoms with Crippen LogP contribution in [0.15, 0.2) is 54.9 Å². The van der Waals surface area contributed by atoms with Crippen molar-refractivity contribution >= 4 is 0 Å². The fourth-order valence-corrected chi connectivity index (χ4v) is 4.26. The Kier molecular flexibility index (Phi) is 14.0. The van der Waals surface area contributed by atoms with Gasteiger partial charge in [-0.3, -0.25) is 0 Å². The van der Waals surface area contributed by atoms with Crippen LogP contribution >= 0.6 is 0 Å². The molecule has 166 valence electrons. The molecule has 0 bridgehead atoms. The molecule has 1 heteroatoms. The van der Waals surface area contributed by atoms with Crippen molar-refractivity contribution in [1.29, 1.82) is 0 Å². The average Bonchev–Trinajstić information content (AvgIpc) is 2.79. The number of pyridine rings is 1. The molecule has 1 aromatic carbocycles. The summed E-state index contributed by atoms with van der Waals surface area (Å²) in [5.74, 6) is 0. The fourth-order valence-electron chi connectivity index (χ4n) is 4.26. The Hall–Kier alpha value is -1.63. The van der Waals surface area contributed by atoms with Crippen LogP contribution < -0.4 is 4.57 Å². The molecule has 0 amide bonds. The predicted molar refractivity (Wildman–Crippen MR) is 131 cm³/mol. The molecule has 0 unspecified atom stereocenters. The SMILES string of the molecule is CCCCCCCCCCCCCCCc1cc[n+](CCCc2ccccc2)cc1. The minimum absolute atomic E-state index is 1.11. The van der Waals surface area contributed by atoms with Crippen LogP contribution in [-0.2, 0) is 19.4 Å². The van der Waals surface area contributed by atoms with Crippen molar-refractivity contribution < 1.29 is 4.57 Å². The van der Waals surface area contributed by atoms with Gasteiger partial charge in [-0.2, -0.15) is 0 Å². The van der Waals surface area contributed by atoms with E-state index in [1.165, 1.54) is 107 Å². The van der Waals surface area contributed by atoms with Crippen molar-refractivity contribution in [2.75, 3.05) is 0 Å². The maximum absolute atomic E-state index is 2.33. The molecule has 0 spiro atoms. The quantitative estimate of drug-likeness (QED) is 0.173. The van der Waals surface area contributed by atoms with Crippen LogP contribution in [0, 0.1) is 0 Å². The molecule has 0 fully saturated rings. The Morgan fingerprint density at radius 2 is 0.967 bits per heavy atom. The minimum atomic E-state index is 1.11. The van der Waals surface area contributed by atoms with Gasteiger partial charge < -0.3 is 0 Å². The van der Waals surface area contributed by atoms with Gasteiger partial charge in [0.05, 0.1) is 0 Å². The third-order valence-corrected chi connectivity index (χ3v) is 6.25. The van der Waals surface area contributed by atoms with Crippen LogP contribution in [0.5, 0.6) is 0 Å². The molecular formula is C29H46N+. The van der Waals surface area contributed by atoms with Crippen molar-refractivity contribution in [1.82, 2.24) is 0 Å². The third-order valence-electron chi connectivity index (χ3n) is 6.25. The number of nitrogens with zero attached hydrogens (tertiary/aromatic N) is 1. The van der Waals surface area contributed by atoms with Crippen LogP contribution in [0.1, 0.15) is 108 Å². The van der Waals surface area contributed by atoms with Gasteiger partial charge in [-0.15, -0.1) is 0 Å². The number of hydrogen-bond acceptors (Lipinski definition) is 0.